The van der Waals surface area contributed by atoms with Crippen LogP contribution in [0.2, 0.25) is 10.0 Å². The van der Waals surface area contributed by atoms with Crippen LogP contribution in [0.3, 0.4) is 0 Å². The van der Waals surface area contributed by atoms with Crippen LogP contribution in [0.15, 0.2) is 54.6 Å². The molecule has 0 fully saturated rings. The van der Waals surface area contributed by atoms with E-state index in [1.165, 1.54) is 0 Å². The number of aryl methyl sites for hydroxylation is 1. The molecule has 0 radical (unpaired) electrons. The van der Waals surface area contributed by atoms with Gasteiger partial charge in [-0.05, 0) is 42.8 Å². The minimum absolute atomic E-state index is 0.699. The molecule has 0 amide bonds. The van der Waals surface area contributed by atoms with Crippen molar-refractivity contribution in [3.8, 4) is 11.3 Å². The highest BCUT2D eigenvalue weighted by molar-refractivity contribution is 6.31. The number of benzene rings is 2. The molecule has 0 saturated heterocycles. The highest BCUT2D eigenvalue weighted by atomic mass is 35.5. The molecule has 3 rings (SSSR count). The number of aromatic nitrogens is 2. The molecule has 22 heavy (non-hydrogen) atoms. The fourth-order valence-electron chi connectivity index (χ4n) is 2.37. The van der Waals surface area contributed by atoms with Crippen LogP contribution in [0.4, 0.5) is 0 Å². The van der Waals surface area contributed by atoms with Crippen LogP contribution in [0.1, 0.15) is 17.1 Å². The molecule has 0 bridgehead atoms. The standard InChI is InChI=1S/C18H14Cl2N2/c1-12-21-17(9-13-4-2-6-15(19)8-13)11-18(22-12)14-5-3-7-16(20)10-14/h2-8,10-11H,9H2,1H3. The summed E-state index contributed by atoms with van der Waals surface area (Å²) in [5, 5.41) is 1.43. The van der Waals surface area contributed by atoms with Gasteiger partial charge >= 0.3 is 0 Å². The fourth-order valence-corrected chi connectivity index (χ4v) is 2.78. The summed E-state index contributed by atoms with van der Waals surface area (Å²) in [5.74, 6) is 0.745. The van der Waals surface area contributed by atoms with Gasteiger partial charge in [0.05, 0.1) is 5.69 Å². The Kier molecular flexibility index (Phi) is 4.41. The Morgan fingerprint density at radius 1 is 0.864 bits per heavy atom. The Morgan fingerprint density at radius 3 is 2.32 bits per heavy atom. The van der Waals surface area contributed by atoms with E-state index < -0.39 is 0 Å². The lowest BCUT2D eigenvalue weighted by Gasteiger charge is -2.07. The average Bonchev–Trinajstić information content (AvgIpc) is 2.46. The average molecular weight is 329 g/mol. The molecule has 1 aromatic heterocycles. The summed E-state index contributed by atoms with van der Waals surface area (Å²) in [6.45, 7) is 1.90. The largest absolute Gasteiger partial charge is 0.238 e. The lowest BCUT2D eigenvalue weighted by atomic mass is 10.1. The summed E-state index contributed by atoms with van der Waals surface area (Å²) >= 11 is 12.1. The van der Waals surface area contributed by atoms with Crippen molar-refractivity contribution in [1.82, 2.24) is 9.97 Å². The zero-order valence-electron chi connectivity index (χ0n) is 12.1. The molecule has 0 atom stereocenters. The molecule has 0 aliphatic carbocycles. The zero-order chi connectivity index (χ0) is 15.5. The first-order valence-corrected chi connectivity index (χ1v) is 7.71. The van der Waals surface area contributed by atoms with Gasteiger partial charge in [0.25, 0.3) is 0 Å². The summed E-state index contributed by atoms with van der Waals surface area (Å²) in [4.78, 5) is 9.03. The van der Waals surface area contributed by atoms with Crippen molar-refractivity contribution >= 4 is 23.2 Å². The van der Waals surface area contributed by atoms with Gasteiger partial charge in [-0.25, -0.2) is 9.97 Å². The van der Waals surface area contributed by atoms with Gasteiger partial charge in [0, 0.05) is 27.7 Å². The van der Waals surface area contributed by atoms with Crippen molar-refractivity contribution in [1.29, 1.82) is 0 Å². The third kappa shape index (κ3) is 3.65. The van der Waals surface area contributed by atoms with E-state index in [2.05, 4.69) is 9.97 Å². The maximum absolute atomic E-state index is 6.06. The first-order valence-electron chi connectivity index (χ1n) is 6.95. The SMILES string of the molecule is Cc1nc(Cc2cccc(Cl)c2)cc(-c2cccc(Cl)c2)n1. The van der Waals surface area contributed by atoms with Crippen LogP contribution in [0.5, 0.6) is 0 Å². The molecule has 0 aliphatic rings. The molecule has 1 heterocycles. The molecule has 3 aromatic rings. The maximum atomic E-state index is 6.06. The molecule has 0 N–H and O–H groups in total. The smallest absolute Gasteiger partial charge is 0.126 e. The number of rotatable bonds is 3. The van der Waals surface area contributed by atoms with E-state index in [4.69, 9.17) is 23.2 Å². The van der Waals surface area contributed by atoms with Gasteiger partial charge < -0.3 is 0 Å². The highest BCUT2D eigenvalue weighted by Crippen LogP contribution is 2.22. The van der Waals surface area contributed by atoms with Crippen LogP contribution in [0, 0.1) is 6.92 Å². The van der Waals surface area contributed by atoms with Gasteiger partial charge in [-0.15, -0.1) is 0 Å². The maximum Gasteiger partial charge on any atom is 0.126 e. The van der Waals surface area contributed by atoms with Crippen molar-refractivity contribution in [2.75, 3.05) is 0 Å². The van der Waals surface area contributed by atoms with Crippen molar-refractivity contribution in [3.63, 3.8) is 0 Å². The minimum Gasteiger partial charge on any atom is -0.238 e. The van der Waals surface area contributed by atoms with Crippen molar-refractivity contribution in [2.24, 2.45) is 0 Å². The minimum atomic E-state index is 0.699. The number of halogens is 2. The molecule has 2 aromatic carbocycles. The molecule has 0 spiro atoms. The van der Waals surface area contributed by atoms with Gasteiger partial charge in [-0.2, -0.15) is 0 Å². The Morgan fingerprint density at radius 2 is 1.59 bits per heavy atom. The van der Waals surface area contributed by atoms with E-state index in [1.807, 2.05) is 61.5 Å². The number of nitrogens with zero attached hydrogens (tertiary/aromatic N) is 2. The molecule has 0 saturated carbocycles. The molecule has 4 heteroatoms. The van der Waals surface area contributed by atoms with Crippen LogP contribution < -0.4 is 0 Å². The van der Waals surface area contributed by atoms with Crippen LogP contribution >= 0.6 is 23.2 Å². The summed E-state index contributed by atoms with van der Waals surface area (Å²) < 4.78 is 0. The third-order valence-electron chi connectivity index (χ3n) is 3.29. The van der Waals surface area contributed by atoms with E-state index in [1.54, 1.807) is 0 Å². The second kappa shape index (κ2) is 6.47. The van der Waals surface area contributed by atoms with Crippen molar-refractivity contribution in [2.45, 2.75) is 13.3 Å². The van der Waals surface area contributed by atoms with Crippen LogP contribution in [-0.4, -0.2) is 9.97 Å². The van der Waals surface area contributed by atoms with Gasteiger partial charge in [-0.3, -0.25) is 0 Å². The topological polar surface area (TPSA) is 25.8 Å². The van der Waals surface area contributed by atoms with E-state index >= 15 is 0 Å². The molecule has 0 unspecified atom stereocenters. The normalized spacial score (nSPS) is 10.7. The van der Waals surface area contributed by atoms with E-state index in [0.717, 1.165) is 39.8 Å². The van der Waals surface area contributed by atoms with Gasteiger partial charge in [0.15, 0.2) is 0 Å². The molecule has 2 nitrogen and oxygen atoms in total. The third-order valence-corrected chi connectivity index (χ3v) is 3.76. The first kappa shape index (κ1) is 15.0. The van der Waals surface area contributed by atoms with Crippen molar-refractivity contribution < 1.29 is 0 Å². The first-order chi connectivity index (χ1) is 10.6. The van der Waals surface area contributed by atoms with Gasteiger partial charge in [0.1, 0.15) is 5.82 Å². The van der Waals surface area contributed by atoms with E-state index in [9.17, 15) is 0 Å². The Labute approximate surface area is 139 Å². The Balaban J connectivity index is 1.96. The molecular weight excluding hydrogens is 315 g/mol. The lowest BCUT2D eigenvalue weighted by molar-refractivity contribution is 0.972. The van der Waals surface area contributed by atoms with E-state index in [0.29, 0.717) is 5.02 Å². The summed E-state index contributed by atoms with van der Waals surface area (Å²) in [6, 6.07) is 17.5. The predicted molar refractivity (Wildman–Crippen MR) is 91.5 cm³/mol. The van der Waals surface area contributed by atoms with Crippen LogP contribution in [-0.2, 0) is 6.42 Å². The summed E-state index contributed by atoms with van der Waals surface area (Å²) in [6.07, 6.45) is 0.720. The predicted octanol–water partition coefficient (Wildman–Crippen LogP) is 5.35. The number of hydrogen-bond donors (Lipinski definition) is 0. The Hall–Kier alpha value is -1.90. The monoisotopic (exact) mass is 328 g/mol. The van der Waals surface area contributed by atoms with E-state index in [-0.39, 0.29) is 0 Å². The Bertz CT molecular complexity index is 816. The zero-order valence-corrected chi connectivity index (χ0v) is 13.6. The number of hydrogen-bond acceptors (Lipinski definition) is 2. The quantitative estimate of drug-likeness (QED) is 0.647. The molecule has 0 aliphatic heterocycles. The summed E-state index contributed by atoms with van der Waals surface area (Å²) in [7, 11) is 0. The second-order valence-corrected chi connectivity index (χ2v) is 5.98. The van der Waals surface area contributed by atoms with Gasteiger partial charge in [-0.1, -0.05) is 47.5 Å². The molecular formula is C18H14Cl2N2. The second-order valence-electron chi connectivity index (χ2n) is 5.11. The fraction of sp³-hybridized carbons (Fsp3) is 0.111. The van der Waals surface area contributed by atoms with Crippen LogP contribution in [0.25, 0.3) is 11.3 Å². The lowest BCUT2D eigenvalue weighted by Crippen LogP contribution is -1.99. The summed E-state index contributed by atoms with van der Waals surface area (Å²) in [5.41, 5.74) is 3.96. The molecule has 110 valence electrons. The van der Waals surface area contributed by atoms with Gasteiger partial charge in [0.2, 0.25) is 0 Å². The van der Waals surface area contributed by atoms with Crippen molar-refractivity contribution in [3.05, 3.63) is 81.7 Å². The highest BCUT2D eigenvalue weighted by Gasteiger charge is 2.06.